The fourth-order valence-electron chi connectivity index (χ4n) is 2.08. The third kappa shape index (κ3) is 4.54. The Hall–Kier alpha value is -1.93. The van der Waals surface area contributed by atoms with Gasteiger partial charge in [-0.15, -0.1) is 0 Å². The maximum Gasteiger partial charge on any atom is 0.188 e. The van der Waals surface area contributed by atoms with E-state index in [1.807, 2.05) is 48.5 Å². The summed E-state index contributed by atoms with van der Waals surface area (Å²) in [6, 6.07) is 17.7. The molecule has 2 rings (SSSR count). The van der Waals surface area contributed by atoms with Gasteiger partial charge in [0.2, 0.25) is 0 Å². The Balaban J connectivity index is 1.95. The van der Waals surface area contributed by atoms with Crippen LogP contribution in [0.1, 0.15) is 42.3 Å². The summed E-state index contributed by atoms with van der Waals surface area (Å²) in [5.41, 5.74) is 3.00. The Morgan fingerprint density at radius 3 is 2.38 bits per heavy atom. The molecule has 0 bridgehead atoms. The normalized spacial score (nSPS) is 11.4. The molecule has 0 aliphatic rings. The minimum atomic E-state index is 0.0250. The molecule has 110 valence electrons. The number of benzene rings is 2. The van der Waals surface area contributed by atoms with E-state index in [4.69, 9.17) is 4.74 Å². The Kier molecular flexibility index (Phi) is 4.92. The number of Topliss-reactive ketones (excluding diaryl/α,β-unsaturated/α-hetero) is 1. The lowest BCUT2D eigenvalue weighted by Gasteiger charge is -2.19. The third-order valence-electron chi connectivity index (χ3n) is 3.40. The molecule has 21 heavy (non-hydrogen) atoms. The molecule has 0 fully saturated rings. The van der Waals surface area contributed by atoms with Crippen LogP contribution in [-0.4, -0.2) is 12.4 Å². The van der Waals surface area contributed by atoms with Crippen LogP contribution in [-0.2, 0) is 16.8 Å². The first-order valence-corrected chi connectivity index (χ1v) is 7.22. The minimum Gasteiger partial charge on any atom is -0.369 e. The molecular weight excluding hydrogens is 260 g/mol. The molecule has 2 heteroatoms. The van der Waals surface area contributed by atoms with Gasteiger partial charge in [-0.2, -0.15) is 0 Å². The van der Waals surface area contributed by atoms with E-state index in [1.54, 1.807) is 0 Å². The van der Waals surface area contributed by atoms with Crippen molar-refractivity contribution in [2.75, 3.05) is 6.61 Å². The molecule has 0 unspecified atom stereocenters. The molecule has 0 saturated carbocycles. The first-order valence-electron chi connectivity index (χ1n) is 7.22. The highest BCUT2D eigenvalue weighted by atomic mass is 16.5. The van der Waals surface area contributed by atoms with Gasteiger partial charge in [-0.3, -0.25) is 4.79 Å². The fraction of sp³-hybridized carbons (Fsp3) is 0.316. The van der Waals surface area contributed by atoms with Gasteiger partial charge in [-0.05, 0) is 22.6 Å². The van der Waals surface area contributed by atoms with E-state index in [0.29, 0.717) is 6.61 Å². The average molecular weight is 282 g/mol. The van der Waals surface area contributed by atoms with Crippen molar-refractivity contribution < 1.29 is 9.53 Å². The van der Waals surface area contributed by atoms with Crippen LogP contribution in [0.15, 0.2) is 54.6 Å². The van der Waals surface area contributed by atoms with Gasteiger partial charge in [0.25, 0.3) is 0 Å². The molecule has 0 aliphatic heterocycles. The molecule has 0 spiro atoms. The van der Waals surface area contributed by atoms with Crippen molar-refractivity contribution in [2.45, 2.75) is 32.8 Å². The summed E-state index contributed by atoms with van der Waals surface area (Å²) in [6.07, 6.45) is 0. The number of carbonyl (C=O) groups excluding carboxylic acids is 1. The summed E-state index contributed by atoms with van der Waals surface area (Å²) in [4.78, 5) is 12.2. The summed E-state index contributed by atoms with van der Waals surface area (Å²) >= 11 is 0. The van der Waals surface area contributed by atoms with Crippen molar-refractivity contribution in [1.82, 2.24) is 0 Å². The Bertz CT molecular complexity index is 594. The topological polar surface area (TPSA) is 26.3 Å². The van der Waals surface area contributed by atoms with Crippen molar-refractivity contribution >= 4 is 5.78 Å². The number of hydrogen-bond donors (Lipinski definition) is 0. The van der Waals surface area contributed by atoms with Crippen molar-refractivity contribution in [3.8, 4) is 0 Å². The standard InChI is InChI=1S/C19H22O2/c1-19(2,3)17-11-7-10-16(12-17)18(20)14-21-13-15-8-5-4-6-9-15/h4-12H,13-14H2,1-3H3. The monoisotopic (exact) mass is 282 g/mol. The van der Waals surface area contributed by atoms with E-state index in [9.17, 15) is 4.79 Å². The van der Waals surface area contributed by atoms with Gasteiger partial charge in [0.1, 0.15) is 6.61 Å². The second kappa shape index (κ2) is 6.68. The van der Waals surface area contributed by atoms with Crippen molar-refractivity contribution in [2.24, 2.45) is 0 Å². The largest absolute Gasteiger partial charge is 0.369 e. The molecular formula is C19H22O2. The molecule has 0 saturated heterocycles. The summed E-state index contributed by atoms with van der Waals surface area (Å²) in [6.45, 7) is 7.00. The Labute approximate surface area is 126 Å². The summed E-state index contributed by atoms with van der Waals surface area (Å²) < 4.78 is 5.51. The van der Waals surface area contributed by atoms with Crippen LogP contribution >= 0.6 is 0 Å². The van der Waals surface area contributed by atoms with E-state index in [0.717, 1.165) is 16.7 Å². The third-order valence-corrected chi connectivity index (χ3v) is 3.40. The minimum absolute atomic E-state index is 0.0250. The number of rotatable bonds is 5. The molecule has 2 aromatic rings. The van der Waals surface area contributed by atoms with E-state index < -0.39 is 0 Å². The number of carbonyl (C=O) groups is 1. The maximum atomic E-state index is 12.2. The van der Waals surface area contributed by atoms with Gasteiger partial charge in [0.05, 0.1) is 6.61 Å². The fourth-order valence-corrected chi connectivity index (χ4v) is 2.08. The van der Waals surface area contributed by atoms with E-state index in [2.05, 4.69) is 26.8 Å². The van der Waals surface area contributed by atoms with E-state index >= 15 is 0 Å². The highest BCUT2D eigenvalue weighted by Crippen LogP contribution is 2.23. The predicted molar refractivity (Wildman–Crippen MR) is 85.6 cm³/mol. The molecule has 0 heterocycles. The van der Waals surface area contributed by atoms with Crippen molar-refractivity contribution in [3.05, 3.63) is 71.3 Å². The molecule has 0 amide bonds. The van der Waals surface area contributed by atoms with E-state index in [1.165, 1.54) is 0 Å². The van der Waals surface area contributed by atoms with Gasteiger partial charge < -0.3 is 4.74 Å². The van der Waals surface area contributed by atoms with Crippen LogP contribution < -0.4 is 0 Å². The molecule has 0 atom stereocenters. The van der Waals surface area contributed by atoms with Crippen LogP contribution in [0.5, 0.6) is 0 Å². The first kappa shape index (κ1) is 15.5. The lowest BCUT2D eigenvalue weighted by atomic mass is 9.86. The lowest BCUT2D eigenvalue weighted by Crippen LogP contribution is -2.14. The smallest absolute Gasteiger partial charge is 0.188 e. The second-order valence-corrected chi connectivity index (χ2v) is 6.23. The number of ether oxygens (including phenoxy) is 1. The average Bonchev–Trinajstić information content (AvgIpc) is 2.47. The zero-order chi connectivity index (χ0) is 15.3. The molecule has 0 radical (unpaired) electrons. The van der Waals surface area contributed by atoms with Gasteiger partial charge >= 0.3 is 0 Å². The predicted octanol–water partition coefficient (Wildman–Crippen LogP) is 4.38. The molecule has 2 nitrogen and oxygen atoms in total. The Morgan fingerprint density at radius 2 is 1.71 bits per heavy atom. The molecule has 0 aromatic heterocycles. The van der Waals surface area contributed by atoms with Gasteiger partial charge in [0.15, 0.2) is 5.78 Å². The van der Waals surface area contributed by atoms with E-state index in [-0.39, 0.29) is 17.8 Å². The SMILES string of the molecule is CC(C)(C)c1cccc(C(=O)COCc2ccccc2)c1. The summed E-state index contributed by atoms with van der Waals surface area (Å²) in [7, 11) is 0. The molecule has 0 N–H and O–H groups in total. The lowest BCUT2D eigenvalue weighted by molar-refractivity contribution is 0.0726. The zero-order valence-electron chi connectivity index (χ0n) is 12.9. The molecule has 0 aliphatic carbocycles. The summed E-state index contributed by atoms with van der Waals surface area (Å²) in [5.74, 6) is 0.0250. The van der Waals surface area contributed by atoms with Crippen molar-refractivity contribution in [3.63, 3.8) is 0 Å². The van der Waals surface area contributed by atoms with Crippen molar-refractivity contribution in [1.29, 1.82) is 0 Å². The maximum absolute atomic E-state index is 12.2. The zero-order valence-corrected chi connectivity index (χ0v) is 12.9. The van der Waals surface area contributed by atoms with Gasteiger partial charge in [0, 0.05) is 5.56 Å². The highest BCUT2D eigenvalue weighted by Gasteiger charge is 2.15. The van der Waals surface area contributed by atoms with Crippen LogP contribution in [0.3, 0.4) is 0 Å². The summed E-state index contributed by atoms with van der Waals surface area (Å²) in [5, 5.41) is 0. The Morgan fingerprint density at radius 1 is 1.00 bits per heavy atom. The number of hydrogen-bond acceptors (Lipinski definition) is 2. The molecule has 2 aromatic carbocycles. The first-order chi connectivity index (χ1) is 9.97. The van der Waals surface area contributed by atoms with Gasteiger partial charge in [-0.1, -0.05) is 69.3 Å². The highest BCUT2D eigenvalue weighted by molar-refractivity contribution is 5.97. The van der Waals surface area contributed by atoms with Crippen LogP contribution in [0.4, 0.5) is 0 Å². The van der Waals surface area contributed by atoms with Crippen LogP contribution in [0.25, 0.3) is 0 Å². The quantitative estimate of drug-likeness (QED) is 0.761. The second-order valence-electron chi connectivity index (χ2n) is 6.23. The van der Waals surface area contributed by atoms with Crippen LogP contribution in [0.2, 0.25) is 0 Å². The number of ketones is 1. The van der Waals surface area contributed by atoms with Crippen LogP contribution in [0, 0.1) is 0 Å². The van der Waals surface area contributed by atoms with Gasteiger partial charge in [-0.25, -0.2) is 0 Å².